The van der Waals surface area contributed by atoms with Crippen LogP contribution in [0.1, 0.15) is 19.7 Å². The van der Waals surface area contributed by atoms with E-state index in [1.54, 1.807) is 4.52 Å². The highest BCUT2D eigenvalue weighted by atomic mass is 15.3. The molecule has 3 nitrogen and oxygen atoms in total. The van der Waals surface area contributed by atoms with Crippen LogP contribution in [0.4, 0.5) is 0 Å². The molecule has 0 aliphatic rings. The zero-order chi connectivity index (χ0) is 8.97. The van der Waals surface area contributed by atoms with Gasteiger partial charge in [-0.25, -0.2) is 9.50 Å². The molecular weight excluding hydrogens is 150 g/mol. The lowest BCUT2D eigenvalue weighted by atomic mass is 10.5. The summed E-state index contributed by atoms with van der Waals surface area (Å²) in [7, 11) is 0. The van der Waals surface area contributed by atoms with Gasteiger partial charge in [0.05, 0.1) is 0 Å². The van der Waals surface area contributed by atoms with Crippen molar-refractivity contribution in [1.29, 1.82) is 0 Å². The minimum Gasteiger partial charge on any atom is -0.221 e. The average molecular weight is 163 g/mol. The number of pyridine rings is 1. The van der Waals surface area contributed by atoms with Crippen LogP contribution in [0.2, 0.25) is 0 Å². The number of nitrogens with zero attached hydrogens (tertiary/aromatic N) is 3. The smallest absolute Gasteiger partial charge is 0.155 e. The molecule has 64 valence electrons. The summed E-state index contributed by atoms with van der Waals surface area (Å²) >= 11 is 0. The maximum Gasteiger partial charge on any atom is 0.155 e. The Morgan fingerprint density at radius 1 is 1.25 bits per heavy atom. The van der Waals surface area contributed by atoms with Crippen LogP contribution in [0.3, 0.4) is 0 Å². The molecule has 2 aromatic heterocycles. The number of hydrogen-bond acceptors (Lipinski definition) is 2. The second-order valence-electron chi connectivity index (χ2n) is 2.16. The van der Waals surface area contributed by atoms with Crippen LogP contribution in [0, 0.1) is 6.92 Å². The van der Waals surface area contributed by atoms with Gasteiger partial charge in [0, 0.05) is 6.20 Å². The predicted molar refractivity (Wildman–Crippen MR) is 49.1 cm³/mol. The first-order valence-corrected chi connectivity index (χ1v) is 4.14. The van der Waals surface area contributed by atoms with Gasteiger partial charge in [-0.2, -0.15) is 5.10 Å². The van der Waals surface area contributed by atoms with Crippen molar-refractivity contribution in [3.05, 3.63) is 30.2 Å². The van der Waals surface area contributed by atoms with E-state index in [0.29, 0.717) is 0 Å². The molecule has 3 heteroatoms. The molecule has 0 N–H and O–H groups in total. The zero-order valence-electron chi connectivity index (χ0n) is 7.65. The normalized spacial score (nSPS) is 9.25. The number of fused-ring (bicyclic) bond motifs is 1. The lowest BCUT2D eigenvalue weighted by Crippen LogP contribution is -1.83. The number of aromatic nitrogens is 3. The summed E-state index contributed by atoms with van der Waals surface area (Å²) in [4.78, 5) is 4.16. The summed E-state index contributed by atoms with van der Waals surface area (Å²) in [6.07, 6.45) is 1.88. The molecule has 2 heterocycles. The third kappa shape index (κ3) is 1.61. The van der Waals surface area contributed by atoms with Gasteiger partial charge >= 0.3 is 0 Å². The zero-order valence-corrected chi connectivity index (χ0v) is 7.65. The second kappa shape index (κ2) is 3.85. The Balaban J connectivity index is 0.000000336. The average Bonchev–Trinajstić information content (AvgIpc) is 2.48. The van der Waals surface area contributed by atoms with E-state index in [-0.39, 0.29) is 0 Å². The van der Waals surface area contributed by atoms with Gasteiger partial charge in [0.1, 0.15) is 5.82 Å². The summed E-state index contributed by atoms with van der Waals surface area (Å²) in [5, 5.41) is 4.12. The van der Waals surface area contributed by atoms with E-state index >= 15 is 0 Å². The van der Waals surface area contributed by atoms with Crippen molar-refractivity contribution in [3.63, 3.8) is 0 Å². The first-order chi connectivity index (χ1) is 5.86. The SMILES string of the molecule is CC.Cc1nc2ccccn2n1. The highest BCUT2D eigenvalue weighted by Crippen LogP contribution is 1.97. The minimum atomic E-state index is 0.811. The van der Waals surface area contributed by atoms with Crippen LogP contribution in [-0.4, -0.2) is 14.6 Å². The van der Waals surface area contributed by atoms with Gasteiger partial charge in [-0.15, -0.1) is 0 Å². The third-order valence-corrected chi connectivity index (χ3v) is 1.35. The van der Waals surface area contributed by atoms with Crippen molar-refractivity contribution in [3.8, 4) is 0 Å². The lowest BCUT2D eigenvalue weighted by Gasteiger charge is -1.84. The van der Waals surface area contributed by atoms with Gasteiger partial charge in [-0.05, 0) is 19.1 Å². The Labute approximate surface area is 72.1 Å². The molecule has 0 spiro atoms. The van der Waals surface area contributed by atoms with E-state index in [1.807, 2.05) is 45.2 Å². The van der Waals surface area contributed by atoms with Crippen LogP contribution < -0.4 is 0 Å². The molecule has 0 saturated carbocycles. The van der Waals surface area contributed by atoms with Gasteiger partial charge in [0.15, 0.2) is 5.65 Å². The van der Waals surface area contributed by atoms with Gasteiger partial charge in [-0.1, -0.05) is 19.9 Å². The number of hydrogen-bond donors (Lipinski definition) is 0. The molecule has 0 fully saturated rings. The third-order valence-electron chi connectivity index (χ3n) is 1.35. The van der Waals surface area contributed by atoms with Gasteiger partial charge in [0.25, 0.3) is 0 Å². The summed E-state index contributed by atoms with van der Waals surface area (Å²) in [6, 6.07) is 5.81. The second-order valence-corrected chi connectivity index (χ2v) is 2.16. The van der Waals surface area contributed by atoms with E-state index in [9.17, 15) is 0 Å². The van der Waals surface area contributed by atoms with Crippen molar-refractivity contribution in [2.45, 2.75) is 20.8 Å². The molecular formula is C9H13N3. The molecule has 0 atom stereocenters. The van der Waals surface area contributed by atoms with Crippen molar-refractivity contribution in [2.24, 2.45) is 0 Å². The van der Waals surface area contributed by atoms with E-state index < -0.39 is 0 Å². The van der Waals surface area contributed by atoms with E-state index in [4.69, 9.17) is 0 Å². The largest absolute Gasteiger partial charge is 0.221 e. The van der Waals surface area contributed by atoms with Crippen LogP contribution in [0.5, 0.6) is 0 Å². The minimum absolute atomic E-state index is 0.811. The summed E-state index contributed by atoms with van der Waals surface area (Å²) < 4.78 is 1.76. The maximum absolute atomic E-state index is 4.16. The fourth-order valence-corrected chi connectivity index (χ4v) is 0.943. The van der Waals surface area contributed by atoms with Gasteiger partial charge in [0.2, 0.25) is 0 Å². The first-order valence-electron chi connectivity index (χ1n) is 4.14. The predicted octanol–water partition coefficient (Wildman–Crippen LogP) is 2.06. The van der Waals surface area contributed by atoms with Crippen molar-refractivity contribution >= 4 is 5.65 Å². The Morgan fingerprint density at radius 2 is 2.00 bits per heavy atom. The van der Waals surface area contributed by atoms with E-state index in [2.05, 4.69) is 10.1 Å². The highest BCUT2D eigenvalue weighted by molar-refractivity contribution is 5.35. The van der Waals surface area contributed by atoms with Crippen LogP contribution in [0.15, 0.2) is 24.4 Å². The summed E-state index contributed by atoms with van der Waals surface area (Å²) in [5.74, 6) is 0.811. The molecule has 2 rings (SSSR count). The number of rotatable bonds is 0. The van der Waals surface area contributed by atoms with Crippen LogP contribution in [0.25, 0.3) is 5.65 Å². The summed E-state index contributed by atoms with van der Waals surface area (Å²) in [5.41, 5.74) is 0.903. The monoisotopic (exact) mass is 163 g/mol. The fourth-order valence-electron chi connectivity index (χ4n) is 0.943. The van der Waals surface area contributed by atoms with Gasteiger partial charge in [-0.3, -0.25) is 0 Å². The molecule has 0 amide bonds. The highest BCUT2D eigenvalue weighted by Gasteiger charge is 1.93. The van der Waals surface area contributed by atoms with Crippen molar-refractivity contribution < 1.29 is 0 Å². The fraction of sp³-hybridized carbons (Fsp3) is 0.333. The Bertz CT molecular complexity index is 318. The molecule has 2 aromatic rings. The molecule has 12 heavy (non-hydrogen) atoms. The molecule has 0 radical (unpaired) electrons. The molecule has 0 aliphatic carbocycles. The van der Waals surface area contributed by atoms with Crippen molar-refractivity contribution in [1.82, 2.24) is 14.6 Å². The van der Waals surface area contributed by atoms with E-state index in [1.165, 1.54) is 0 Å². The molecule has 0 saturated heterocycles. The topological polar surface area (TPSA) is 30.2 Å². The van der Waals surface area contributed by atoms with Crippen LogP contribution in [-0.2, 0) is 0 Å². The molecule has 0 unspecified atom stereocenters. The molecule has 0 bridgehead atoms. The number of aryl methyl sites for hydroxylation is 1. The Morgan fingerprint density at radius 3 is 2.67 bits per heavy atom. The lowest BCUT2D eigenvalue weighted by molar-refractivity contribution is 0.931. The van der Waals surface area contributed by atoms with Gasteiger partial charge < -0.3 is 0 Å². The maximum atomic E-state index is 4.16. The standard InChI is InChI=1S/C7H7N3.C2H6/c1-6-8-7-4-2-3-5-10(7)9-6;1-2/h2-5H,1H3;1-2H3. The van der Waals surface area contributed by atoms with Crippen LogP contribution >= 0.6 is 0 Å². The van der Waals surface area contributed by atoms with Crippen molar-refractivity contribution in [2.75, 3.05) is 0 Å². The first kappa shape index (κ1) is 8.71. The Kier molecular flexibility index (Phi) is 2.80. The molecule has 0 aromatic carbocycles. The quantitative estimate of drug-likeness (QED) is 0.595. The Hall–Kier alpha value is -1.38. The molecule has 0 aliphatic heterocycles. The summed E-state index contributed by atoms with van der Waals surface area (Å²) in [6.45, 7) is 5.88. The van der Waals surface area contributed by atoms with E-state index in [0.717, 1.165) is 11.5 Å².